The molecule has 0 fully saturated rings. The van der Waals surface area contributed by atoms with E-state index in [2.05, 4.69) is 0 Å². The Kier molecular flexibility index (Phi) is 4.04. The Hall–Kier alpha value is -1.65. The predicted molar refractivity (Wildman–Crippen MR) is 55.4 cm³/mol. The summed E-state index contributed by atoms with van der Waals surface area (Å²) in [6, 6.07) is 2.84. The molecule has 0 N–H and O–H groups in total. The van der Waals surface area contributed by atoms with Gasteiger partial charge in [0.2, 0.25) is 12.0 Å². The highest BCUT2D eigenvalue weighted by Gasteiger charge is 2.31. The molecule has 1 atom stereocenters. The summed E-state index contributed by atoms with van der Waals surface area (Å²) >= 11 is 0. The smallest absolute Gasteiger partial charge is 0.221 e. The van der Waals surface area contributed by atoms with Gasteiger partial charge in [0.1, 0.15) is 0 Å². The van der Waals surface area contributed by atoms with E-state index in [1.807, 2.05) is 0 Å². The molecule has 0 amide bonds. The summed E-state index contributed by atoms with van der Waals surface area (Å²) in [7, 11) is 0. The highest BCUT2D eigenvalue weighted by Crippen LogP contribution is 2.16. The number of alkyl halides is 1. The monoisotopic (exact) mass is 244 g/mol. The Labute approximate surface area is 96.4 Å². The molecule has 0 aliphatic carbocycles. The Morgan fingerprint density at radius 2 is 1.76 bits per heavy atom. The van der Waals surface area contributed by atoms with Crippen molar-refractivity contribution in [1.29, 1.82) is 0 Å². The fourth-order valence-corrected chi connectivity index (χ4v) is 1.25. The van der Waals surface area contributed by atoms with Gasteiger partial charge >= 0.3 is 0 Å². The maximum atomic E-state index is 13.4. The largest absolute Gasteiger partial charge is 0.296 e. The minimum atomic E-state index is -2.45. The third kappa shape index (κ3) is 2.72. The van der Waals surface area contributed by atoms with Crippen LogP contribution in [0, 0.1) is 17.6 Å². The van der Waals surface area contributed by atoms with Crippen molar-refractivity contribution in [2.75, 3.05) is 0 Å². The minimum Gasteiger partial charge on any atom is -0.296 e. The molecule has 0 saturated carbocycles. The lowest BCUT2D eigenvalue weighted by atomic mass is 9.98. The number of halogens is 3. The van der Waals surface area contributed by atoms with Gasteiger partial charge in [0.25, 0.3) is 0 Å². The maximum absolute atomic E-state index is 13.4. The number of hydrogen-bond acceptors (Lipinski definition) is 2. The van der Waals surface area contributed by atoms with Crippen LogP contribution in [0.3, 0.4) is 0 Å². The Bertz CT molecular complexity index is 455. The zero-order valence-electron chi connectivity index (χ0n) is 9.34. The van der Waals surface area contributed by atoms with E-state index < -0.39 is 40.9 Å². The first-order valence-corrected chi connectivity index (χ1v) is 5.02. The number of benzene rings is 1. The van der Waals surface area contributed by atoms with Gasteiger partial charge in [-0.3, -0.25) is 9.59 Å². The van der Waals surface area contributed by atoms with Crippen molar-refractivity contribution in [2.24, 2.45) is 5.92 Å². The van der Waals surface area contributed by atoms with Crippen molar-refractivity contribution in [2.45, 2.75) is 20.0 Å². The molecule has 0 radical (unpaired) electrons. The van der Waals surface area contributed by atoms with Crippen molar-refractivity contribution in [3.05, 3.63) is 35.4 Å². The van der Waals surface area contributed by atoms with Gasteiger partial charge in [0.15, 0.2) is 17.4 Å². The molecule has 1 unspecified atom stereocenters. The molecule has 1 rings (SSSR count). The highest BCUT2D eigenvalue weighted by molar-refractivity contribution is 6.13. The van der Waals surface area contributed by atoms with E-state index in [9.17, 15) is 22.8 Å². The number of Topliss-reactive ketones (excluding diaryl/α,β-unsaturated/α-hetero) is 2. The van der Waals surface area contributed by atoms with Crippen LogP contribution < -0.4 is 0 Å². The van der Waals surface area contributed by atoms with Crippen LogP contribution in [0.15, 0.2) is 18.2 Å². The summed E-state index contributed by atoms with van der Waals surface area (Å²) in [6.45, 7) is 2.84. The molecule has 0 bridgehead atoms. The van der Waals surface area contributed by atoms with Crippen LogP contribution in [-0.4, -0.2) is 17.7 Å². The molecule has 1 aromatic carbocycles. The molecular formula is C12H11F3O2. The third-order valence-electron chi connectivity index (χ3n) is 2.27. The van der Waals surface area contributed by atoms with Gasteiger partial charge in [0.05, 0.1) is 5.56 Å². The lowest BCUT2D eigenvalue weighted by Crippen LogP contribution is -2.30. The molecule has 0 saturated heterocycles. The fourth-order valence-electron chi connectivity index (χ4n) is 1.25. The summed E-state index contributed by atoms with van der Waals surface area (Å²) in [6.07, 6.45) is -2.45. The Morgan fingerprint density at radius 1 is 1.18 bits per heavy atom. The normalized spacial score (nSPS) is 12.6. The second-order valence-corrected chi connectivity index (χ2v) is 3.89. The predicted octanol–water partition coefficient (Wildman–Crippen LogP) is 2.71. The van der Waals surface area contributed by atoms with Crippen molar-refractivity contribution >= 4 is 11.6 Å². The SMILES string of the molecule is CC(C)C(=O)C(F)C(=O)c1cccc(F)c1F. The van der Waals surface area contributed by atoms with Crippen LogP contribution in [0.5, 0.6) is 0 Å². The van der Waals surface area contributed by atoms with E-state index in [4.69, 9.17) is 0 Å². The van der Waals surface area contributed by atoms with Crippen LogP contribution in [0.4, 0.5) is 13.2 Å². The second-order valence-electron chi connectivity index (χ2n) is 3.89. The van der Waals surface area contributed by atoms with Crippen LogP contribution in [-0.2, 0) is 4.79 Å². The lowest BCUT2D eigenvalue weighted by Gasteiger charge is -2.09. The minimum absolute atomic E-state index is 0.689. The average molecular weight is 244 g/mol. The van der Waals surface area contributed by atoms with Gasteiger partial charge in [-0.05, 0) is 12.1 Å². The molecule has 2 nitrogen and oxygen atoms in total. The van der Waals surface area contributed by atoms with Gasteiger partial charge < -0.3 is 0 Å². The van der Waals surface area contributed by atoms with Gasteiger partial charge in [-0.2, -0.15) is 0 Å². The molecule has 1 aromatic rings. The zero-order chi connectivity index (χ0) is 13.2. The lowest BCUT2D eigenvalue weighted by molar-refractivity contribution is -0.125. The average Bonchev–Trinajstić information content (AvgIpc) is 2.29. The van der Waals surface area contributed by atoms with E-state index in [1.165, 1.54) is 13.8 Å². The van der Waals surface area contributed by atoms with Crippen molar-refractivity contribution in [3.63, 3.8) is 0 Å². The molecule has 5 heteroatoms. The fraction of sp³-hybridized carbons (Fsp3) is 0.333. The van der Waals surface area contributed by atoms with Gasteiger partial charge in [0, 0.05) is 5.92 Å². The number of rotatable bonds is 4. The highest BCUT2D eigenvalue weighted by atomic mass is 19.2. The van der Waals surface area contributed by atoms with Gasteiger partial charge in [-0.25, -0.2) is 13.2 Å². The molecule has 92 valence electrons. The molecule has 0 spiro atoms. The molecule has 0 heterocycles. The summed E-state index contributed by atoms with van der Waals surface area (Å²) in [5.41, 5.74) is -0.744. The Balaban J connectivity index is 3.05. The van der Waals surface area contributed by atoms with Crippen LogP contribution in [0.25, 0.3) is 0 Å². The number of hydrogen-bond donors (Lipinski definition) is 0. The topological polar surface area (TPSA) is 34.1 Å². The van der Waals surface area contributed by atoms with Crippen molar-refractivity contribution in [3.8, 4) is 0 Å². The summed E-state index contributed by atoms with van der Waals surface area (Å²) in [4.78, 5) is 22.7. The van der Waals surface area contributed by atoms with E-state index in [0.29, 0.717) is 0 Å². The van der Waals surface area contributed by atoms with Crippen molar-refractivity contribution in [1.82, 2.24) is 0 Å². The van der Waals surface area contributed by atoms with Crippen LogP contribution in [0.2, 0.25) is 0 Å². The molecule has 0 aromatic heterocycles. The Morgan fingerprint density at radius 3 is 2.29 bits per heavy atom. The first-order chi connectivity index (χ1) is 7.86. The van der Waals surface area contributed by atoms with E-state index in [1.54, 1.807) is 0 Å². The maximum Gasteiger partial charge on any atom is 0.221 e. The summed E-state index contributed by atoms with van der Waals surface area (Å²) in [5.74, 6) is -5.67. The molecular weight excluding hydrogens is 233 g/mol. The van der Waals surface area contributed by atoms with E-state index in [0.717, 1.165) is 18.2 Å². The summed E-state index contributed by atoms with van der Waals surface area (Å²) in [5, 5.41) is 0. The zero-order valence-corrected chi connectivity index (χ0v) is 9.34. The first kappa shape index (κ1) is 13.4. The third-order valence-corrected chi connectivity index (χ3v) is 2.27. The number of carbonyl (C=O) groups is 2. The number of ketones is 2. The van der Waals surface area contributed by atoms with E-state index >= 15 is 0 Å². The van der Waals surface area contributed by atoms with Crippen molar-refractivity contribution < 1.29 is 22.8 Å². The first-order valence-electron chi connectivity index (χ1n) is 5.02. The molecule has 0 aliphatic rings. The standard InChI is InChI=1S/C12H11F3O2/c1-6(2)11(16)10(15)12(17)7-4-3-5-8(13)9(7)14/h3-6,10H,1-2H3. The summed E-state index contributed by atoms with van der Waals surface area (Å²) < 4.78 is 39.5. The van der Waals surface area contributed by atoms with Gasteiger partial charge in [-0.1, -0.05) is 19.9 Å². The van der Waals surface area contributed by atoms with Gasteiger partial charge in [-0.15, -0.1) is 0 Å². The van der Waals surface area contributed by atoms with E-state index in [-0.39, 0.29) is 0 Å². The number of carbonyl (C=O) groups excluding carboxylic acids is 2. The molecule has 17 heavy (non-hydrogen) atoms. The van der Waals surface area contributed by atoms with Crippen LogP contribution in [0.1, 0.15) is 24.2 Å². The van der Waals surface area contributed by atoms with Crippen LogP contribution >= 0.6 is 0 Å². The molecule has 0 aliphatic heterocycles. The second kappa shape index (κ2) is 5.12. The quantitative estimate of drug-likeness (QED) is 0.602.